The van der Waals surface area contributed by atoms with Crippen LogP contribution >= 0.6 is 11.3 Å². The molecular formula is C15H18N2OS. The van der Waals surface area contributed by atoms with Crippen molar-refractivity contribution < 1.29 is 4.79 Å². The largest absolute Gasteiger partial charge is 0.331 e. The van der Waals surface area contributed by atoms with E-state index < -0.39 is 0 Å². The second-order valence-electron chi connectivity index (χ2n) is 4.63. The van der Waals surface area contributed by atoms with Gasteiger partial charge in [0.2, 0.25) is 0 Å². The number of carbonyl (C=O) groups excluding carboxylic acids is 1. The topological polar surface area (TPSA) is 41.1 Å². The number of thiophene rings is 1. The average Bonchev–Trinajstić information content (AvgIpc) is 2.87. The second-order valence-corrected chi connectivity index (χ2v) is 5.61. The first-order chi connectivity index (χ1) is 9.06. The maximum atomic E-state index is 11.9. The summed E-state index contributed by atoms with van der Waals surface area (Å²) in [5, 5.41) is 7.79. The average molecular weight is 274 g/mol. The van der Waals surface area contributed by atoms with Gasteiger partial charge >= 0.3 is 6.03 Å². The Hall–Kier alpha value is -1.81. The summed E-state index contributed by atoms with van der Waals surface area (Å²) in [6.07, 6.45) is 0. The lowest BCUT2D eigenvalue weighted by molar-refractivity contribution is 0.249. The van der Waals surface area contributed by atoms with Crippen molar-refractivity contribution in [1.29, 1.82) is 0 Å². The maximum absolute atomic E-state index is 11.9. The van der Waals surface area contributed by atoms with E-state index in [1.54, 1.807) is 11.3 Å². The maximum Gasteiger partial charge on any atom is 0.319 e. The second kappa shape index (κ2) is 5.89. The molecule has 0 bridgehead atoms. The number of aryl methyl sites for hydroxylation is 2. The molecule has 1 aromatic heterocycles. The van der Waals surface area contributed by atoms with E-state index in [1.807, 2.05) is 49.6 Å². The molecular weight excluding hydrogens is 256 g/mol. The zero-order chi connectivity index (χ0) is 13.8. The first-order valence-electron chi connectivity index (χ1n) is 6.24. The molecule has 0 spiro atoms. The molecule has 0 saturated carbocycles. The summed E-state index contributed by atoms with van der Waals surface area (Å²) in [6.45, 7) is 6.07. The van der Waals surface area contributed by atoms with Gasteiger partial charge in [-0.25, -0.2) is 4.79 Å². The molecule has 1 atom stereocenters. The Morgan fingerprint density at radius 1 is 1.21 bits per heavy atom. The van der Waals surface area contributed by atoms with Crippen molar-refractivity contribution in [3.05, 3.63) is 51.7 Å². The fraction of sp³-hybridized carbons (Fsp3) is 0.267. The number of urea groups is 1. The summed E-state index contributed by atoms with van der Waals surface area (Å²) in [5.74, 6) is 0. The van der Waals surface area contributed by atoms with Gasteiger partial charge in [0.25, 0.3) is 0 Å². The highest BCUT2D eigenvalue weighted by Crippen LogP contribution is 2.18. The van der Waals surface area contributed by atoms with Crippen LogP contribution in [0.2, 0.25) is 0 Å². The van der Waals surface area contributed by atoms with Crippen molar-refractivity contribution in [2.75, 3.05) is 5.32 Å². The number of hydrogen-bond donors (Lipinski definition) is 2. The van der Waals surface area contributed by atoms with Gasteiger partial charge in [0, 0.05) is 10.6 Å². The molecule has 2 amide bonds. The fourth-order valence-electron chi connectivity index (χ4n) is 1.79. The zero-order valence-corrected chi connectivity index (χ0v) is 12.2. The molecule has 0 fully saturated rings. The lowest BCUT2D eigenvalue weighted by atomic mass is 10.1. The summed E-state index contributed by atoms with van der Waals surface area (Å²) in [7, 11) is 0. The molecule has 0 radical (unpaired) electrons. The number of benzene rings is 1. The van der Waals surface area contributed by atoms with Gasteiger partial charge in [-0.2, -0.15) is 0 Å². The Morgan fingerprint density at radius 2 is 2.00 bits per heavy atom. The van der Waals surface area contributed by atoms with Gasteiger partial charge in [0.15, 0.2) is 0 Å². The van der Waals surface area contributed by atoms with Crippen molar-refractivity contribution in [2.45, 2.75) is 26.8 Å². The Balaban J connectivity index is 1.95. The quantitative estimate of drug-likeness (QED) is 0.863. The Morgan fingerprint density at radius 3 is 2.63 bits per heavy atom. The highest BCUT2D eigenvalue weighted by Gasteiger charge is 2.10. The minimum Gasteiger partial charge on any atom is -0.331 e. The Kier molecular flexibility index (Phi) is 4.22. The number of nitrogens with one attached hydrogen (secondary N) is 2. The first-order valence-corrected chi connectivity index (χ1v) is 7.12. The SMILES string of the molecule is Cc1ccc(NC(=O)NC(C)c2cccs2)cc1C. The molecule has 100 valence electrons. The molecule has 3 nitrogen and oxygen atoms in total. The molecule has 2 N–H and O–H groups in total. The summed E-state index contributed by atoms with van der Waals surface area (Å²) in [4.78, 5) is 13.0. The van der Waals surface area contributed by atoms with Crippen LogP contribution in [0.25, 0.3) is 0 Å². The summed E-state index contributed by atoms with van der Waals surface area (Å²) in [5.41, 5.74) is 3.21. The number of carbonyl (C=O) groups is 1. The number of rotatable bonds is 3. The minimum atomic E-state index is -0.177. The number of hydrogen-bond acceptors (Lipinski definition) is 2. The molecule has 0 saturated heterocycles. The normalized spacial score (nSPS) is 11.9. The molecule has 1 heterocycles. The lowest BCUT2D eigenvalue weighted by Gasteiger charge is -2.13. The van der Waals surface area contributed by atoms with Crippen LogP contribution in [0, 0.1) is 13.8 Å². The third-order valence-electron chi connectivity index (χ3n) is 3.08. The zero-order valence-electron chi connectivity index (χ0n) is 11.4. The molecule has 2 aromatic rings. The van der Waals surface area contributed by atoms with Crippen LogP contribution in [-0.4, -0.2) is 6.03 Å². The van der Waals surface area contributed by atoms with Crippen LogP contribution in [0.5, 0.6) is 0 Å². The molecule has 1 aromatic carbocycles. The smallest absolute Gasteiger partial charge is 0.319 e. The van der Waals surface area contributed by atoms with Gasteiger partial charge in [-0.15, -0.1) is 11.3 Å². The van der Waals surface area contributed by atoms with E-state index in [2.05, 4.69) is 17.6 Å². The van der Waals surface area contributed by atoms with E-state index >= 15 is 0 Å². The van der Waals surface area contributed by atoms with E-state index in [-0.39, 0.29) is 12.1 Å². The Labute approximate surface area is 117 Å². The highest BCUT2D eigenvalue weighted by molar-refractivity contribution is 7.10. The van der Waals surface area contributed by atoms with Crippen LogP contribution in [-0.2, 0) is 0 Å². The van der Waals surface area contributed by atoms with Crippen molar-refractivity contribution in [2.24, 2.45) is 0 Å². The van der Waals surface area contributed by atoms with Gasteiger partial charge < -0.3 is 10.6 Å². The van der Waals surface area contributed by atoms with Crippen LogP contribution < -0.4 is 10.6 Å². The molecule has 0 aliphatic heterocycles. The van der Waals surface area contributed by atoms with E-state index in [0.29, 0.717) is 0 Å². The van der Waals surface area contributed by atoms with Gasteiger partial charge in [-0.05, 0) is 55.5 Å². The van der Waals surface area contributed by atoms with Crippen LogP contribution in [0.1, 0.15) is 29.0 Å². The van der Waals surface area contributed by atoms with Gasteiger partial charge in [-0.1, -0.05) is 12.1 Å². The molecule has 0 aliphatic carbocycles. The molecule has 0 aliphatic rings. The fourth-order valence-corrected chi connectivity index (χ4v) is 2.53. The predicted molar refractivity (Wildman–Crippen MR) is 80.8 cm³/mol. The summed E-state index contributed by atoms with van der Waals surface area (Å²) >= 11 is 1.64. The summed E-state index contributed by atoms with van der Waals surface area (Å²) < 4.78 is 0. The van der Waals surface area contributed by atoms with Crippen LogP contribution in [0.3, 0.4) is 0 Å². The van der Waals surface area contributed by atoms with Crippen molar-refractivity contribution in [3.63, 3.8) is 0 Å². The highest BCUT2D eigenvalue weighted by atomic mass is 32.1. The van der Waals surface area contributed by atoms with Crippen molar-refractivity contribution >= 4 is 23.1 Å². The van der Waals surface area contributed by atoms with Crippen LogP contribution in [0.4, 0.5) is 10.5 Å². The summed E-state index contributed by atoms with van der Waals surface area (Å²) in [6, 6.07) is 9.75. The lowest BCUT2D eigenvalue weighted by Crippen LogP contribution is -2.30. The van der Waals surface area contributed by atoms with E-state index in [1.165, 1.54) is 11.1 Å². The standard InChI is InChI=1S/C15H18N2OS/c1-10-6-7-13(9-11(10)2)17-15(18)16-12(3)14-5-4-8-19-14/h4-9,12H,1-3H3,(H2,16,17,18). The number of anilines is 1. The molecule has 2 rings (SSSR count). The third-order valence-corrected chi connectivity index (χ3v) is 4.14. The van der Waals surface area contributed by atoms with Gasteiger partial charge in [-0.3, -0.25) is 0 Å². The third kappa shape index (κ3) is 3.58. The van der Waals surface area contributed by atoms with E-state index in [4.69, 9.17) is 0 Å². The van der Waals surface area contributed by atoms with Crippen molar-refractivity contribution in [1.82, 2.24) is 5.32 Å². The van der Waals surface area contributed by atoms with E-state index in [0.717, 1.165) is 10.6 Å². The monoisotopic (exact) mass is 274 g/mol. The molecule has 4 heteroatoms. The predicted octanol–water partition coefficient (Wildman–Crippen LogP) is 4.25. The van der Waals surface area contributed by atoms with Crippen LogP contribution in [0.15, 0.2) is 35.7 Å². The van der Waals surface area contributed by atoms with Gasteiger partial charge in [0.05, 0.1) is 6.04 Å². The molecule has 1 unspecified atom stereocenters. The Bertz CT molecular complexity index is 564. The molecule has 19 heavy (non-hydrogen) atoms. The minimum absolute atomic E-state index is 0.0199. The van der Waals surface area contributed by atoms with Crippen molar-refractivity contribution in [3.8, 4) is 0 Å². The first kappa shape index (κ1) is 13.6. The van der Waals surface area contributed by atoms with E-state index in [9.17, 15) is 4.79 Å². The van der Waals surface area contributed by atoms with Gasteiger partial charge in [0.1, 0.15) is 0 Å². The number of amides is 2.